The van der Waals surface area contributed by atoms with Crippen LogP contribution in [-0.2, 0) is 26.5 Å². The molecule has 3 heterocycles. The normalized spacial score (nSPS) is 21.4. The lowest BCUT2D eigenvalue weighted by molar-refractivity contribution is -0.141. The van der Waals surface area contributed by atoms with E-state index in [4.69, 9.17) is 4.74 Å². The molecule has 6 nitrogen and oxygen atoms in total. The van der Waals surface area contributed by atoms with Crippen LogP contribution in [0.25, 0.3) is 0 Å². The second kappa shape index (κ2) is 8.33. The molecular formula is C23H27N3O3. The van der Waals surface area contributed by atoms with Crippen LogP contribution in [0.2, 0.25) is 0 Å². The molecule has 2 aliphatic heterocycles. The van der Waals surface area contributed by atoms with Crippen molar-refractivity contribution in [2.75, 3.05) is 26.7 Å². The van der Waals surface area contributed by atoms with Gasteiger partial charge in [0.25, 0.3) is 0 Å². The summed E-state index contributed by atoms with van der Waals surface area (Å²) >= 11 is 0. The first kappa shape index (κ1) is 19.6. The number of carbonyl (C=O) groups is 2. The zero-order chi connectivity index (χ0) is 20.3. The van der Waals surface area contributed by atoms with E-state index in [1.165, 1.54) is 0 Å². The summed E-state index contributed by atoms with van der Waals surface area (Å²) in [6.45, 7) is 2.22. The van der Waals surface area contributed by atoms with Gasteiger partial charge in [-0.05, 0) is 30.5 Å². The number of hydrogen-bond donors (Lipinski definition) is 0. The lowest BCUT2D eigenvalue weighted by Gasteiger charge is -2.41. The molecule has 0 radical (unpaired) electrons. The molecule has 2 fully saturated rings. The van der Waals surface area contributed by atoms with Gasteiger partial charge in [-0.25, -0.2) is 0 Å². The van der Waals surface area contributed by atoms with E-state index >= 15 is 0 Å². The van der Waals surface area contributed by atoms with E-state index < -0.39 is 0 Å². The summed E-state index contributed by atoms with van der Waals surface area (Å²) in [5.74, 6) is -0.154. The van der Waals surface area contributed by atoms with Crippen molar-refractivity contribution in [1.29, 1.82) is 0 Å². The van der Waals surface area contributed by atoms with E-state index in [2.05, 4.69) is 17.1 Å². The van der Waals surface area contributed by atoms with Crippen LogP contribution >= 0.6 is 0 Å². The van der Waals surface area contributed by atoms with Crippen molar-refractivity contribution in [3.63, 3.8) is 0 Å². The highest BCUT2D eigenvalue weighted by Gasteiger charge is 2.41. The molecule has 2 amide bonds. The van der Waals surface area contributed by atoms with Crippen molar-refractivity contribution >= 4 is 11.8 Å². The Hall–Kier alpha value is -2.73. The molecule has 2 aliphatic rings. The Labute approximate surface area is 171 Å². The molecule has 2 aromatic rings. The molecule has 1 aromatic heterocycles. The molecule has 0 aliphatic carbocycles. The fourth-order valence-electron chi connectivity index (χ4n) is 4.48. The SMILES string of the molecule is COC1(c2ccccc2)CCN(C(=O)C2CC(=O)N(Cc3ccccn3)C2)CC1. The number of nitrogens with zero attached hydrogens (tertiary/aromatic N) is 3. The van der Waals surface area contributed by atoms with Gasteiger partial charge < -0.3 is 14.5 Å². The van der Waals surface area contributed by atoms with Crippen molar-refractivity contribution in [2.45, 2.75) is 31.4 Å². The van der Waals surface area contributed by atoms with E-state index in [1.807, 2.05) is 41.3 Å². The summed E-state index contributed by atoms with van der Waals surface area (Å²) in [7, 11) is 1.75. The fraction of sp³-hybridized carbons (Fsp3) is 0.435. The average Bonchev–Trinajstić information content (AvgIpc) is 3.15. The third kappa shape index (κ3) is 4.03. The zero-order valence-corrected chi connectivity index (χ0v) is 16.8. The second-order valence-corrected chi connectivity index (χ2v) is 7.89. The summed E-state index contributed by atoms with van der Waals surface area (Å²) in [5.41, 5.74) is 1.67. The summed E-state index contributed by atoms with van der Waals surface area (Å²) in [6.07, 6.45) is 3.53. The quantitative estimate of drug-likeness (QED) is 0.783. The minimum Gasteiger partial charge on any atom is -0.373 e. The number of carbonyl (C=O) groups excluding carboxylic acids is 2. The number of benzene rings is 1. The minimum absolute atomic E-state index is 0.0292. The van der Waals surface area contributed by atoms with Crippen molar-refractivity contribution in [3.8, 4) is 0 Å². The molecule has 0 spiro atoms. The Balaban J connectivity index is 1.37. The van der Waals surface area contributed by atoms with Gasteiger partial charge >= 0.3 is 0 Å². The lowest BCUT2D eigenvalue weighted by Crippen LogP contribution is -2.48. The Bertz CT molecular complexity index is 848. The first-order chi connectivity index (χ1) is 14.1. The number of pyridine rings is 1. The van der Waals surface area contributed by atoms with Crippen molar-refractivity contribution in [2.24, 2.45) is 5.92 Å². The molecule has 2 saturated heterocycles. The van der Waals surface area contributed by atoms with E-state index in [9.17, 15) is 9.59 Å². The molecule has 0 saturated carbocycles. The fourth-order valence-corrected chi connectivity index (χ4v) is 4.48. The summed E-state index contributed by atoms with van der Waals surface area (Å²) in [6, 6.07) is 15.9. The molecular weight excluding hydrogens is 366 g/mol. The maximum atomic E-state index is 13.1. The predicted molar refractivity (Wildman–Crippen MR) is 109 cm³/mol. The van der Waals surface area contributed by atoms with E-state index in [0.29, 0.717) is 26.2 Å². The summed E-state index contributed by atoms with van der Waals surface area (Å²) in [4.78, 5) is 33.4. The first-order valence-electron chi connectivity index (χ1n) is 10.2. The van der Waals surface area contributed by atoms with Crippen LogP contribution in [0.3, 0.4) is 0 Å². The smallest absolute Gasteiger partial charge is 0.227 e. The molecule has 0 N–H and O–H groups in total. The van der Waals surface area contributed by atoms with Gasteiger partial charge in [-0.3, -0.25) is 14.6 Å². The molecule has 29 heavy (non-hydrogen) atoms. The largest absolute Gasteiger partial charge is 0.373 e. The van der Waals surface area contributed by atoms with Gasteiger partial charge in [-0.1, -0.05) is 36.4 Å². The molecule has 6 heteroatoms. The second-order valence-electron chi connectivity index (χ2n) is 7.89. The van der Waals surface area contributed by atoms with Crippen molar-refractivity contribution in [3.05, 3.63) is 66.0 Å². The maximum Gasteiger partial charge on any atom is 0.227 e. The molecule has 4 rings (SSSR count). The van der Waals surface area contributed by atoms with Gasteiger partial charge in [-0.2, -0.15) is 0 Å². The molecule has 0 bridgehead atoms. The number of piperidine rings is 1. The van der Waals surface area contributed by atoms with Crippen LogP contribution in [0.1, 0.15) is 30.5 Å². The Morgan fingerprint density at radius 2 is 1.86 bits per heavy atom. The van der Waals surface area contributed by atoms with Gasteiger partial charge in [0.15, 0.2) is 0 Å². The first-order valence-corrected chi connectivity index (χ1v) is 10.2. The van der Waals surface area contributed by atoms with Crippen molar-refractivity contribution in [1.82, 2.24) is 14.8 Å². The number of likely N-dealkylation sites (tertiary alicyclic amines) is 2. The van der Waals surface area contributed by atoms with E-state index in [0.717, 1.165) is 24.1 Å². The summed E-state index contributed by atoms with van der Waals surface area (Å²) < 4.78 is 5.91. The average molecular weight is 393 g/mol. The van der Waals surface area contributed by atoms with Crippen LogP contribution in [-0.4, -0.2) is 53.3 Å². The monoisotopic (exact) mass is 393 g/mol. The van der Waals surface area contributed by atoms with Crippen LogP contribution in [0, 0.1) is 5.92 Å². The van der Waals surface area contributed by atoms with Crippen LogP contribution < -0.4 is 0 Å². The van der Waals surface area contributed by atoms with E-state index in [1.54, 1.807) is 18.2 Å². The Morgan fingerprint density at radius 1 is 1.14 bits per heavy atom. The third-order valence-electron chi connectivity index (χ3n) is 6.22. The predicted octanol–water partition coefficient (Wildman–Crippen LogP) is 2.59. The number of amides is 2. The molecule has 1 atom stereocenters. The molecule has 152 valence electrons. The number of ether oxygens (including phenoxy) is 1. The van der Waals surface area contributed by atoms with Gasteiger partial charge in [0.2, 0.25) is 11.8 Å². The van der Waals surface area contributed by atoms with E-state index in [-0.39, 0.29) is 29.8 Å². The minimum atomic E-state index is -0.339. The highest BCUT2D eigenvalue weighted by molar-refractivity contribution is 5.89. The van der Waals surface area contributed by atoms with Gasteiger partial charge in [0, 0.05) is 39.4 Å². The standard InChI is InChI=1S/C23H27N3O3/c1-29-23(19-7-3-2-4-8-19)10-13-25(14-11-23)22(28)18-15-21(27)26(16-18)17-20-9-5-6-12-24-20/h2-9,12,18H,10-11,13-17H2,1H3. The van der Waals surface area contributed by atoms with Gasteiger partial charge in [0.05, 0.1) is 23.8 Å². The van der Waals surface area contributed by atoms with Gasteiger partial charge in [-0.15, -0.1) is 0 Å². The maximum absolute atomic E-state index is 13.1. The Kier molecular flexibility index (Phi) is 5.62. The van der Waals surface area contributed by atoms with Crippen molar-refractivity contribution < 1.29 is 14.3 Å². The van der Waals surface area contributed by atoms with Crippen LogP contribution in [0.15, 0.2) is 54.7 Å². The number of hydrogen-bond acceptors (Lipinski definition) is 4. The number of aromatic nitrogens is 1. The highest BCUT2D eigenvalue weighted by atomic mass is 16.5. The topological polar surface area (TPSA) is 62.7 Å². The highest BCUT2D eigenvalue weighted by Crippen LogP contribution is 2.37. The van der Waals surface area contributed by atoms with Crippen LogP contribution in [0.4, 0.5) is 0 Å². The number of methoxy groups -OCH3 is 1. The number of rotatable bonds is 5. The van der Waals surface area contributed by atoms with Gasteiger partial charge in [0.1, 0.15) is 0 Å². The third-order valence-corrected chi connectivity index (χ3v) is 6.22. The Morgan fingerprint density at radius 3 is 2.52 bits per heavy atom. The van der Waals surface area contributed by atoms with Crippen LogP contribution in [0.5, 0.6) is 0 Å². The molecule has 1 aromatic carbocycles. The summed E-state index contributed by atoms with van der Waals surface area (Å²) in [5, 5.41) is 0. The zero-order valence-electron chi connectivity index (χ0n) is 16.8. The lowest BCUT2D eigenvalue weighted by atomic mass is 9.84. The molecule has 1 unspecified atom stereocenters.